The van der Waals surface area contributed by atoms with E-state index in [0.29, 0.717) is 0 Å². The Morgan fingerprint density at radius 1 is 0.917 bits per heavy atom. The van der Waals surface area contributed by atoms with Gasteiger partial charge in [-0.2, -0.15) is 0 Å². The number of hydrogen-bond donors (Lipinski definition) is 0. The molecule has 1 unspecified atom stereocenters. The minimum Gasteiger partial charge on any atom is -0.497 e. The van der Waals surface area contributed by atoms with Crippen molar-refractivity contribution in [2.45, 2.75) is 65.5 Å². The van der Waals surface area contributed by atoms with Crippen LogP contribution in [-0.4, -0.2) is 23.3 Å². The van der Waals surface area contributed by atoms with Crippen LogP contribution in [0.5, 0.6) is 5.75 Å². The third kappa shape index (κ3) is 2.86. The standard InChI is InChI=1S/C21H34OSi2/c1-15-13-18(23(6,7)8)20(22-5)19(14-15)24(9,10)21(4)12-11-16(2)17(21)3/h11-14H,1-10H3. The number of hydrogen-bond acceptors (Lipinski definition) is 1. The molecule has 1 aliphatic carbocycles. The average Bonchev–Trinajstić information content (AvgIpc) is 2.74. The van der Waals surface area contributed by atoms with E-state index in [4.69, 9.17) is 4.74 Å². The second-order valence-electron chi connectivity index (χ2n) is 9.11. The van der Waals surface area contributed by atoms with Crippen molar-refractivity contribution in [3.8, 4) is 5.75 Å². The lowest BCUT2D eigenvalue weighted by molar-refractivity contribution is 0.420. The first-order valence-electron chi connectivity index (χ1n) is 8.93. The van der Waals surface area contributed by atoms with Gasteiger partial charge >= 0.3 is 0 Å². The van der Waals surface area contributed by atoms with E-state index < -0.39 is 16.1 Å². The molecule has 2 rings (SSSR count). The lowest BCUT2D eigenvalue weighted by atomic mass is 10.0. The summed E-state index contributed by atoms with van der Waals surface area (Å²) in [4.78, 5) is 0. The van der Waals surface area contributed by atoms with Crippen LogP contribution in [0.15, 0.2) is 35.4 Å². The highest BCUT2D eigenvalue weighted by Gasteiger charge is 2.47. The van der Waals surface area contributed by atoms with Crippen LogP contribution in [0.25, 0.3) is 0 Å². The maximum Gasteiger partial charge on any atom is 0.117 e. The Morgan fingerprint density at radius 2 is 1.46 bits per heavy atom. The summed E-state index contributed by atoms with van der Waals surface area (Å²) in [6.07, 6.45) is 4.76. The van der Waals surface area contributed by atoms with E-state index in [1.54, 1.807) is 0 Å². The first-order chi connectivity index (χ1) is 10.9. The molecular weight excluding hydrogens is 324 g/mol. The lowest BCUT2D eigenvalue weighted by Crippen LogP contribution is -2.54. The van der Waals surface area contributed by atoms with E-state index in [9.17, 15) is 0 Å². The van der Waals surface area contributed by atoms with Gasteiger partial charge < -0.3 is 4.74 Å². The summed E-state index contributed by atoms with van der Waals surface area (Å²) in [7, 11) is -1.45. The van der Waals surface area contributed by atoms with Crippen molar-refractivity contribution in [3.05, 3.63) is 41.0 Å². The molecule has 1 aromatic carbocycles. The van der Waals surface area contributed by atoms with Crippen molar-refractivity contribution in [1.82, 2.24) is 0 Å². The van der Waals surface area contributed by atoms with Crippen LogP contribution < -0.4 is 15.1 Å². The molecule has 0 saturated carbocycles. The van der Waals surface area contributed by atoms with Gasteiger partial charge in [-0.15, -0.1) is 0 Å². The second kappa shape index (κ2) is 6.03. The van der Waals surface area contributed by atoms with E-state index in [0.717, 1.165) is 0 Å². The Hall–Kier alpha value is -1.07. The van der Waals surface area contributed by atoms with Crippen molar-refractivity contribution in [3.63, 3.8) is 0 Å². The van der Waals surface area contributed by atoms with Gasteiger partial charge in [-0.1, -0.05) is 80.7 Å². The fraction of sp³-hybridized carbons (Fsp3) is 0.524. The average molecular weight is 359 g/mol. The largest absolute Gasteiger partial charge is 0.497 e. The van der Waals surface area contributed by atoms with Gasteiger partial charge in [-0.05, 0) is 31.1 Å². The molecule has 132 valence electrons. The summed E-state index contributed by atoms with van der Waals surface area (Å²) in [6.45, 7) is 21.5. The van der Waals surface area contributed by atoms with Crippen LogP contribution >= 0.6 is 0 Å². The summed E-state index contributed by atoms with van der Waals surface area (Å²) in [5.74, 6) is 1.17. The van der Waals surface area contributed by atoms with E-state index in [-0.39, 0.29) is 5.04 Å². The molecule has 0 spiro atoms. The van der Waals surface area contributed by atoms with Crippen LogP contribution in [0.2, 0.25) is 37.8 Å². The molecule has 0 radical (unpaired) electrons. The second-order valence-corrected chi connectivity index (χ2v) is 19.0. The Morgan fingerprint density at radius 3 is 1.88 bits per heavy atom. The minimum atomic E-state index is -1.83. The molecule has 0 fully saturated rings. The van der Waals surface area contributed by atoms with Gasteiger partial charge in [0.05, 0.1) is 23.3 Å². The van der Waals surface area contributed by atoms with E-state index in [2.05, 4.69) is 84.7 Å². The van der Waals surface area contributed by atoms with Crippen LogP contribution in [0.4, 0.5) is 0 Å². The molecule has 1 aliphatic rings. The fourth-order valence-electron chi connectivity index (χ4n) is 3.92. The van der Waals surface area contributed by atoms with Gasteiger partial charge in [0.2, 0.25) is 0 Å². The Kier molecular flexibility index (Phi) is 4.84. The van der Waals surface area contributed by atoms with E-state index >= 15 is 0 Å². The summed E-state index contributed by atoms with van der Waals surface area (Å²) in [6, 6.07) is 4.76. The topological polar surface area (TPSA) is 9.23 Å². The van der Waals surface area contributed by atoms with Crippen LogP contribution in [0.3, 0.4) is 0 Å². The Bertz CT molecular complexity index is 720. The SMILES string of the molecule is COc1c([Si](C)(C)C)cc(C)cc1[Si](C)(C)C1(C)C=CC(C)=C1C. The molecule has 0 amide bonds. The summed E-state index contributed by atoms with van der Waals surface area (Å²) in [5.41, 5.74) is 4.32. The fourth-order valence-corrected chi connectivity index (χ4v) is 9.21. The summed E-state index contributed by atoms with van der Waals surface area (Å²) < 4.78 is 6.04. The molecule has 0 aromatic heterocycles. The number of rotatable bonds is 4. The van der Waals surface area contributed by atoms with Crippen LogP contribution in [0, 0.1) is 6.92 Å². The van der Waals surface area contributed by atoms with Crippen molar-refractivity contribution in [2.75, 3.05) is 7.11 Å². The maximum atomic E-state index is 6.04. The third-order valence-corrected chi connectivity index (χ3v) is 13.1. The Balaban J connectivity index is 2.77. The molecule has 1 nitrogen and oxygen atoms in total. The zero-order valence-corrected chi connectivity index (χ0v) is 19.2. The third-order valence-electron chi connectivity index (χ3n) is 6.25. The van der Waals surface area contributed by atoms with Crippen LogP contribution in [0.1, 0.15) is 26.3 Å². The summed E-state index contributed by atoms with van der Waals surface area (Å²) >= 11 is 0. The molecule has 0 saturated heterocycles. The van der Waals surface area contributed by atoms with E-state index in [1.807, 2.05) is 7.11 Å². The zero-order chi connectivity index (χ0) is 18.5. The lowest BCUT2D eigenvalue weighted by Gasteiger charge is -2.42. The van der Waals surface area contributed by atoms with Gasteiger partial charge in [0, 0.05) is 5.04 Å². The van der Waals surface area contributed by atoms with E-state index in [1.165, 1.54) is 32.8 Å². The van der Waals surface area contributed by atoms with Gasteiger partial charge in [-0.3, -0.25) is 0 Å². The molecule has 1 aromatic rings. The minimum absolute atomic E-state index is 0.148. The molecule has 1 atom stereocenters. The predicted octanol–water partition coefficient (Wildman–Crippen LogP) is 5.13. The van der Waals surface area contributed by atoms with Crippen molar-refractivity contribution in [2.24, 2.45) is 0 Å². The predicted molar refractivity (Wildman–Crippen MR) is 114 cm³/mol. The maximum absolute atomic E-state index is 6.04. The number of benzene rings is 1. The van der Waals surface area contributed by atoms with Gasteiger partial charge in [0.15, 0.2) is 0 Å². The molecule has 0 aliphatic heterocycles. The molecule has 0 N–H and O–H groups in total. The Labute approximate surface area is 150 Å². The monoisotopic (exact) mass is 358 g/mol. The highest BCUT2D eigenvalue weighted by atomic mass is 28.3. The summed E-state index contributed by atoms with van der Waals surface area (Å²) in [5, 5.41) is 3.09. The molecule has 24 heavy (non-hydrogen) atoms. The number of ether oxygens (including phenoxy) is 1. The first kappa shape index (κ1) is 19.3. The first-order valence-corrected chi connectivity index (χ1v) is 15.4. The molecular formula is C21H34OSi2. The highest BCUT2D eigenvalue weighted by Crippen LogP contribution is 2.51. The molecule has 3 heteroatoms. The number of aryl methyl sites for hydroxylation is 1. The highest BCUT2D eigenvalue weighted by molar-refractivity contribution is 6.95. The number of methoxy groups -OCH3 is 1. The zero-order valence-electron chi connectivity index (χ0n) is 17.2. The van der Waals surface area contributed by atoms with Gasteiger partial charge in [0.25, 0.3) is 0 Å². The van der Waals surface area contributed by atoms with Gasteiger partial charge in [-0.25, -0.2) is 0 Å². The van der Waals surface area contributed by atoms with Gasteiger partial charge in [0.1, 0.15) is 5.75 Å². The number of allylic oxidation sites excluding steroid dienone is 4. The van der Waals surface area contributed by atoms with Crippen LogP contribution in [-0.2, 0) is 0 Å². The quantitative estimate of drug-likeness (QED) is 0.678. The molecule has 0 heterocycles. The smallest absolute Gasteiger partial charge is 0.117 e. The van der Waals surface area contributed by atoms with Crippen molar-refractivity contribution >= 4 is 26.5 Å². The molecule has 0 bridgehead atoms. The normalized spacial score (nSPS) is 21.6. The van der Waals surface area contributed by atoms with Crippen molar-refractivity contribution in [1.29, 1.82) is 0 Å². The van der Waals surface area contributed by atoms with Crippen molar-refractivity contribution < 1.29 is 4.74 Å².